The Balaban J connectivity index is 4.51. The van der Waals surface area contributed by atoms with Crippen LogP contribution in [0.1, 0.15) is 19.8 Å². The highest BCUT2D eigenvalue weighted by molar-refractivity contribution is 8.43. The number of hydrogen-bond acceptors (Lipinski definition) is 1. The molecule has 1 nitrogen and oxygen atoms in total. The van der Waals surface area contributed by atoms with Gasteiger partial charge in [0, 0.05) is 6.42 Å². The summed E-state index contributed by atoms with van der Waals surface area (Å²) >= 11 is 0. The van der Waals surface area contributed by atoms with Crippen LogP contribution >= 0.6 is 20.4 Å². The van der Waals surface area contributed by atoms with E-state index in [9.17, 15) is 0 Å². The van der Waals surface area contributed by atoms with Crippen molar-refractivity contribution in [3.63, 3.8) is 0 Å². The SMILES string of the molecule is CCCC#CCN(S(C)(C)C)S(C)(C)C. The van der Waals surface area contributed by atoms with Crippen molar-refractivity contribution in [2.45, 2.75) is 19.8 Å². The molecule has 0 spiro atoms. The van der Waals surface area contributed by atoms with Crippen LogP contribution in [0.4, 0.5) is 0 Å². The molecule has 3 heteroatoms. The second-order valence-corrected chi connectivity index (χ2v) is 13.3. The number of unbranched alkanes of at least 4 members (excludes halogenated alkanes) is 1. The van der Waals surface area contributed by atoms with E-state index in [4.69, 9.17) is 0 Å². The van der Waals surface area contributed by atoms with E-state index in [0.29, 0.717) is 0 Å². The Morgan fingerprint density at radius 2 is 1.33 bits per heavy atom. The summed E-state index contributed by atoms with van der Waals surface area (Å²) in [6.45, 7) is 3.12. The number of nitrogens with zero attached hydrogens (tertiary/aromatic N) is 1. The first kappa shape index (κ1) is 15.2. The van der Waals surface area contributed by atoms with Crippen LogP contribution in [-0.4, -0.2) is 47.8 Å². The number of hydrogen-bond donors (Lipinski definition) is 0. The summed E-state index contributed by atoms with van der Waals surface area (Å²) < 4.78 is 2.61. The molecular weight excluding hydrogens is 222 g/mol. The van der Waals surface area contributed by atoms with Gasteiger partial charge in [-0.15, -0.1) is 5.92 Å². The van der Waals surface area contributed by atoms with E-state index in [1.54, 1.807) is 0 Å². The van der Waals surface area contributed by atoms with E-state index < -0.39 is 20.4 Å². The van der Waals surface area contributed by atoms with Gasteiger partial charge in [0.15, 0.2) is 0 Å². The van der Waals surface area contributed by atoms with Crippen molar-refractivity contribution in [2.75, 3.05) is 44.1 Å². The average Bonchev–Trinajstić information content (AvgIpc) is 1.99. The maximum absolute atomic E-state index is 3.32. The van der Waals surface area contributed by atoms with Gasteiger partial charge in [-0.25, -0.2) is 3.71 Å². The minimum Gasteiger partial charge on any atom is -0.220 e. The first-order valence-corrected chi connectivity index (χ1v) is 10.9. The highest BCUT2D eigenvalue weighted by Crippen LogP contribution is 2.56. The predicted octanol–water partition coefficient (Wildman–Crippen LogP) is 3.31. The Kier molecular flexibility index (Phi) is 6.17. The topological polar surface area (TPSA) is 3.24 Å². The standard InChI is InChI=1S/C12H27NS2/c1-8-9-10-11-12-13(14(2,3)4)15(5,6)7/h8-9,12H2,1-7H3. The van der Waals surface area contributed by atoms with Gasteiger partial charge < -0.3 is 0 Å². The quantitative estimate of drug-likeness (QED) is 0.691. The Hall–Kier alpha value is 0.220. The van der Waals surface area contributed by atoms with Crippen molar-refractivity contribution in [3.8, 4) is 11.8 Å². The molecule has 0 bridgehead atoms. The molecule has 0 heterocycles. The summed E-state index contributed by atoms with van der Waals surface area (Å²) in [5.41, 5.74) is 0. The van der Waals surface area contributed by atoms with Crippen molar-refractivity contribution in [1.82, 2.24) is 3.71 Å². The summed E-state index contributed by atoms with van der Waals surface area (Å²) in [4.78, 5) is 0. The monoisotopic (exact) mass is 249 g/mol. The van der Waals surface area contributed by atoms with Crippen molar-refractivity contribution in [1.29, 1.82) is 0 Å². The molecule has 92 valence electrons. The highest BCUT2D eigenvalue weighted by Gasteiger charge is 2.23. The number of rotatable bonds is 4. The molecule has 0 aromatic heterocycles. The van der Waals surface area contributed by atoms with E-state index in [0.717, 1.165) is 19.4 Å². The zero-order valence-corrected chi connectivity index (χ0v) is 13.0. The minimum atomic E-state index is -0.642. The van der Waals surface area contributed by atoms with Crippen LogP contribution in [-0.2, 0) is 0 Å². The molecular formula is C12H27NS2. The maximum Gasteiger partial charge on any atom is 0.0780 e. The van der Waals surface area contributed by atoms with E-state index >= 15 is 0 Å². The molecule has 0 aliphatic carbocycles. The Morgan fingerprint density at radius 3 is 1.67 bits per heavy atom. The molecule has 0 aromatic rings. The van der Waals surface area contributed by atoms with Crippen LogP contribution in [0.2, 0.25) is 0 Å². The Bertz CT molecular complexity index is 223. The molecule has 0 aliphatic rings. The third-order valence-electron chi connectivity index (χ3n) is 1.93. The summed E-state index contributed by atoms with van der Waals surface area (Å²) in [5.74, 6) is 6.56. The zero-order valence-electron chi connectivity index (χ0n) is 11.4. The van der Waals surface area contributed by atoms with Gasteiger partial charge in [0.1, 0.15) is 0 Å². The molecule has 0 unspecified atom stereocenters. The largest absolute Gasteiger partial charge is 0.220 e. The molecule has 0 amide bonds. The lowest BCUT2D eigenvalue weighted by molar-refractivity contribution is 0.824. The Labute approximate surface area is 99.9 Å². The molecule has 0 aromatic carbocycles. The lowest BCUT2D eigenvalue weighted by Crippen LogP contribution is -2.28. The first-order chi connectivity index (χ1) is 6.69. The van der Waals surface area contributed by atoms with Crippen LogP contribution in [0.5, 0.6) is 0 Å². The molecule has 0 saturated heterocycles. The molecule has 15 heavy (non-hydrogen) atoms. The predicted molar refractivity (Wildman–Crippen MR) is 80.1 cm³/mol. The van der Waals surface area contributed by atoms with Crippen LogP contribution in [0.25, 0.3) is 0 Å². The third-order valence-corrected chi connectivity index (χ3v) is 7.32. The summed E-state index contributed by atoms with van der Waals surface area (Å²) in [6.07, 6.45) is 16.3. The van der Waals surface area contributed by atoms with E-state index in [1.807, 2.05) is 0 Å². The van der Waals surface area contributed by atoms with Gasteiger partial charge in [-0.3, -0.25) is 0 Å². The van der Waals surface area contributed by atoms with E-state index in [-0.39, 0.29) is 0 Å². The fraction of sp³-hybridized carbons (Fsp3) is 0.833. The molecule has 0 fully saturated rings. The van der Waals surface area contributed by atoms with Crippen LogP contribution in [0, 0.1) is 11.8 Å². The second kappa shape index (κ2) is 6.08. The van der Waals surface area contributed by atoms with E-state index in [2.05, 4.69) is 60.0 Å². The lowest BCUT2D eigenvalue weighted by atomic mass is 10.3. The summed E-state index contributed by atoms with van der Waals surface area (Å²) in [7, 11) is -1.28. The Morgan fingerprint density at radius 1 is 0.867 bits per heavy atom. The third kappa shape index (κ3) is 6.40. The van der Waals surface area contributed by atoms with Crippen molar-refractivity contribution in [3.05, 3.63) is 0 Å². The normalized spacial score (nSPS) is 14.7. The zero-order chi connectivity index (χ0) is 12.1. The highest BCUT2D eigenvalue weighted by atomic mass is 32.3. The average molecular weight is 249 g/mol. The molecule has 0 radical (unpaired) electrons. The summed E-state index contributed by atoms with van der Waals surface area (Å²) in [6, 6.07) is 0. The van der Waals surface area contributed by atoms with Crippen molar-refractivity contribution >= 4 is 20.4 Å². The smallest absolute Gasteiger partial charge is 0.0780 e. The minimum absolute atomic E-state index is 0.642. The van der Waals surface area contributed by atoms with Gasteiger partial charge in [0.25, 0.3) is 0 Å². The van der Waals surface area contributed by atoms with Crippen LogP contribution in [0.3, 0.4) is 0 Å². The molecule has 0 N–H and O–H groups in total. The van der Waals surface area contributed by atoms with Crippen molar-refractivity contribution < 1.29 is 0 Å². The van der Waals surface area contributed by atoms with Crippen LogP contribution < -0.4 is 0 Å². The van der Waals surface area contributed by atoms with Gasteiger partial charge in [0.2, 0.25) is 0 Å². The lowest BCUT2D eigenvalue weighted by Gasteiger charge is -2.50. The second-order valence-electron chi connectivity index (χ2n) is 5.14. The van der Waals surface area contributed by atoms with Gasteiger partial charge >= 0.3 is 0 Å². The van der Waals surface area contributed by atoms with Crippen LogP contribution in [0.15, 0.2) is 0 Å². The fourth-order valence-electron chi connectivity index (χ4n) is 1.39. The van der Waals surface area contributed by atoms with Gasteiger partial charge in [-0.05, 0) is 44.0 Å². The summed E-state index contributed by atoms with van der Waals surface area (Å²) in [5, 5.41) is 0. The first-order valence-electron chi connectivity index (χ1n) is 5.30. The van der Waals surface area contributed by atoms with Gasteiger partial charge in [0.05, 0.1) is 6.54 Å². The van der Waals surface area contributed by atoms with Gasteiger partial charge in [-0.1, -0.05) is 12.8 Å². The van der Waals surface area contributed by atoms with Gasteiger partial charge in [-0.2, -0.15) is 20.4 Å². The molecule has 0 rings (SSSR count). The van der Waals surface area contributed by atoms with Crippen molar-refractivity contribution in [2.24, 2.45) is 0 Å². The molecule has 0 aliphatic heterocycles. The molecule has 0 saturated carbocycles. The molecule has 0 atom stereocenters. The maximum atomic E-state index is 3.32. The van der Waals surface area contributed by atoms with E-state index in [1.165, 1.54) is 0 Å². The fourth-order valence-corrected chi connectivity index (χ4v) is 7.66.